The van der Waals surface area contributed by atoms with Crippen LogP contribution in [0.4, 0.5) is 0 Å². The zero-order valence-corrected chi connectivity index (χ0v) is 13.4. The molecule has 1 aliphatic rings. The molecule has 1 atom stereocenters. The molecule has 1 fully saturated rings. The fraction of sp³-hybridized carbons (Fsp3) is 0.556. The minimum atomic E-state index is -0.160. The van der Waals surface area contributed by atoms with E-state index in [2.05, 4.69) is 5.32 Å². The lowest BCUT2D eigenvalue weighted by Crippen LogP contribution is -2.38. The summed E-state index contributed by atoms with van der Waals surface area (Å²) in [4.78, 5) is 26.5. The van der Waals surface area contributed by atoms with Crippen molar-refractivity contribution in [3.05, 3.63) is 35.9 Å². The van der Waals surface area contributed by atoms with Crippen LogP contribution >= 0.6 is 0 Å². The zero-order valence-electron chi connectivity index (χ0n) is 13.4. The van der Waals surface area contributed by atoms with E-state index in [9.17, 15) is 9.59 Å². The van der Waals surface area contributed by atoms with Crippen molar-refractivity contribution in [2.24, 2.45) is 0 Å². The van der Waals surface area contributed by atoms with Crippen molar-refractivity contribution in [1.29, 1.82) is 0 Å². The van der Waals surface area contributed by atoms with Crippen molar-refractivity contribution in [1.82, 2.24) is 10.2 Å². The Morgan fingerprint density at radius 1 is 1.18 bits per heavy atom. The highest BCUT2D eigenvalue weighted by Crippen LogP contribution is 2.26. The van der Waals surface area contributed by atoms with Gasteiger partial charge in [-0.15, -0.1) is 0 Å². The number of carbonyl (C=O) groups is 2. The van der Waals surface area contributed by atoms with Gasteiger partial charge < -0.3 is 10.2 Å². The Hall–Kier alpha value is -1.84. The maximum Gasteiger partial charge on any atom is 0.222 e. The molecule has 0 aliphatic carbocycles. The number of nitrogens with one attached hydrogen (secondary N) is 1. The van der Waals surface area contributed by atoms with Crippen LogP contribution < -0.4 is 5.32 Å². The molecular formula is C18H26N2O2. The van der Waals surface area contributed by atoms with Gasteiger partial charge >= 0.3 is 0 Å². The van der Waals surface area contributed by atoms with Gasteiger partial charge in [-0.25, -0.2) is 0 Å². The third-order valence-electron chi connectivity index (χ3n) is 4.21. The van der Waals surface area contributed by atoms with E-state index in [0.29, 0.717) is 12.8 Å². The molecule has 22 heavy (non-hydrogen) atoms. The summed E-state index contributed by atoms with van der Waals surface area (Å²) in [6.07, 6.45) is 5.04. The third-order valence-corrected chi connectivity index (χ3v) is 4.21. The van der Waals surface area contributed by atoms with Gasteiger partial charge in [0.25, 0.3) is 0 Å². The number of rotatable bonds is 2. The highest BCUT2D eigenvalue weighted by Gasteiger charge is 2.26. The SMILES string of the molecule is CCC(=O)N1CCCCCCNC(=O)CC1c1ccccc1. The van der Waals surface area contributed by atoms with Crippen molar-refractivity contribution in [2.45, 2.75) is 51.5 Å². The Bertz CT molecular complexity index is 487. The summed E-state index contributed by atoms with van der Waals surface area (Å²) in [5.74, 6) is 0.158. The molecule has 2 rings (SSSR count). The van der Waals surface area contributed by atoms with Crippen molar-refractivity contribution < 1.29 is 9.59 Å². The minimum absolute atomic E-state index is 0.0321. The first-order chi connectivity index (χ1) is 10.7. The van der Waals surface area contributed by atoms with Gasteiger partial charge in [-0.3, -0.25) is 9.59 Å². The Kier molecular flexibility index (Phi) is 6.44. The molecule has 1 aliphatic heterocycles. The minimum Gasteiger partial charge on any atom is -0.356 e. The number of hydrogen-bond acceptors (Lipinski definition) is 2. The quantitative estimate of drug-likeness (QED) is 0.913. The van der Waals surface area contributed by atoms with Gasteiger partial charge in [0.15, 0.2) is 0 Å². The van der Waals surface area contributed by atoms with Gasteiger partial charge in [0.1, 0.15) is 0 Å². The van der Waals surface area contributed by atoms with Crippen LogP contribution in [-0.2, 0) is 9.59 Å². The van der Waals surface area contributed by atoms with Gasteiger partial charge in [0, 0.05) is 19.5 Å². The lowest BCUT2D eigenvalue weighted by Gasteiger charge is -2.32. The largest absolute Gasteiger partial charge is 0.356 e. The standard InChI is InChI=1S/C18H26N2O2/c1-2-18(22)20-13-9-4-3-8-12-19-17(21)14-16(20)15-10-6-5-7-11-15/h5-7,10-11,16H,2-4,8-9,12-14H2,1H3,(H,19,21). The van der Waals surface area contributed by atoms with E-state index in [4.69, 9.17) is 0 Å². The van der Waals surface area contributed by atoms with E-state index in [-0.39, 0.29) is 17.9 Å². The summed E-state index contributed by atoms with van der Waals surface area (Å²) in [6.45, 7) is 3.36. The van der Waals surface area contributed by atoms with E-state index in [1.165, 1.54) is 0 Å². The van der Waals surface area contributed by atoms with E-state index in [1.54, 1.807) is 0 Å². The first-order valence-electron chi connectivity index (χ1n) is 8.33. The number of amides is 2. The Morgan fingerprint density at radius 3 is 2.64 bits per heavy atom. The topological polar surface area (TPSA) is 49.4 Å². The molecule has 120 valence electrons. The first kappa shape index (κ1) is 16.5. The Labute approximate surface area is 132 Å². The van der Waals surface area contributed by atoms with Crippen LogP contribution in [0.3, 0.4) is 0 Å². The molecule has 1 aromatic carbocycles. The molecule has 0 spiro atoms. The van der Waals surface area contributed by atoms with E-state index < -0.39 is 0 Å². The molecule has 2 amide bonds. The number of benzene rings is 1. The van der Waals surface area contributed by atoms with E-state index >= 15 is 0 Å². The monoisotopic (exact) mass is 302 g/mol. The van der Waals surface area contributed by atoms with Crippen molar-refractivity contribution in [3.63, 3.8) is 0 Å². The van der Waals surface area contributed by atoms with E-state index in [0.717, 1.165) is 44.3 Å². The fourth-order valence-electron chi connectivity index (χ4n) is 2.98. The van der Waals surface area contributed by atoms with Gasteiger partial charge in [-0.2, -0.15) is 0 Å². The van der Waals surface area contributed by atoms with Crippen LogP contribution in [-0.4, -0.2) is 29.8 Å². The highest BCUT2D eigenvalue weighted by atomic mass is 16.2. The third kappa shape index (κ3) is 4.58. The lowest BCUT2D eigenvalue weighted by molar-refractivity contribution is -0.134. The zero-order chi connectivity index (χ0) is 15.8. The van der Waals surface area contributed by atoms with Crippen molar-refractivity contribution in [2.75, 3.05) is 13.1 Å². The molecule has 1 unspecified atom stereocenters. The summed E-state index contributed by atoms with van der Waals surface area (Å²) < 4.78 is 0. The predicted octanol–water partition coefficient (Wildman–Crippen LogP) is 3.05. The normalized spacial score (nSPS) is 20.9. The van der Waals surface area contributed by atoms with Crippen LogP contribution in [0.15, 0.2) is 30.3 Å². The molecule has 0 aromatic heterocycles. The molecule has 0 bridgehead atoms. The summed E-state index contributed by atoms with van der Waals surface area (Å²) in [6, 6.07) is 9.74. The van der Waals surface area contributed by atoms with Crippen LogP contribution in [0.2, 0.25) is 0 Å². The maximum atomic E-state index is 12.4. The average Bonchev–Trinajstić information content (AvgIpc) is 2.59. The van der Waals surface area contributed by atoms with Crippen LogP contribution in [0.1, 0.15) is 57.1 Å². The lowest BCUT2D eigenvalue weighted by atomic mass is 10.0. The Morgan fingerprint density at radius 2 is 1.91 bits per heavy atom. The van der Waals surface area contributed by atoms with Crippen LogP contribution in [0, 0.1) is 0 Å². The summed E-state index contributed by atoms with van der Waals surface area (Å²) in [5.41, 5.74) is 1.04. The molecule has 0 saturated carbocycles. The summed E-state index contributed by atoms with van der Waals surface area (Å²) in [7, 11) is 0. The second-order valence-electron chi connectivity index (χ2n) is 5.84. The Balaban J connectivity index is 2.27. The molecular weight excluding hydrogens is 276 g/mol. The molecule has 4 nitrogen and oxygen atoms in total. The van der Waals surface area contributed by atoms with Gasteiger partial charge in [-0.05, 0) is 18.4 Å². The highest BCUT2D eigenvalue weighted by molar-refractivity contribution is 5.80. The van der Waals surface area contributed by atoms with E-state index in [1.807, 2.05) is 42.2 Å². The predicted molar refractivity (Wildman–Crippen MR) is 87.3 cm³/mol. The molecule has 1 saturated heterocycles. The van der Waals surface area contributed by atoms with Gasteiger partial charge in [0.05, 0.1) is 12.5 Å². The molecule has 1 N–H and O–H groups in total. The number of hydrogen-bond donors (Lipinski definition) is 1. The second-order valence-corrected chi connectivity index (χ2v) is 5.84. The maximum absolute atomic E-state index is 12.4. The average molecular weight is 302 g/mol. The van der Waals surface area contributed by atoms with Gasteiger partial charge in [-0.1, -0.05) is 50.1 Å². The van der Waals surface area contributed by atoms with Crippen molar-refractivity contribution >= 4 is 11.8 Å². The number of nitrogens with zero attached hydrogens (tertiary/aromatic N) is 1. The summed E-state index contributed by atoms with van der Waals surface area (Å²) in [5, 5.41) is 2.98. The summed E-state index contributed by atoms with van der Waals surface area (Å²) >= 11 is 0. The molecule has 1 aromatic rings. The first-order valence-corrected chi connectivity index (χ1v) is 8.33. The number of carbonyl (C=O) groups excluding carboxylic acids is 2. The van der Waals surface area contributed by atoms with Crippen molar-refractivity contribution in [3.8, 4) is 0 Å². The van der Waals surface area contributed by atoms with Gasteiger partial charge in [0.2, 0.25) is 11.8 Å². The smallest absolute Gasteiger partial charge is 0.222 e. The fourth-order valence-corrected chi connectivity index (χ4v) is 2.98. The van der Waals surface area contributed by atoms with Crippen LogP contribution in [0.5, 0.6) is 0 Å². The van der Waals surface area contributed by atoms with Crippen LogP contribution in [0.25, 0.3) is 0 Å². The molecule has 0 radical (unpaired) electrons. The molecule has 4 heteroatoms. The molecule has 1 heterocycles. The second kappa shape index (κ2) is 8.57.